The number of hydrogen-bond acceptors (Lipinski definition) is 4. The zero-order chi connectivity index (χ0) is 19.8. The molecular formula is C21H29ClN4OS. The van der Waals surface area contributed by atoms with Crippen molar-refractivity contribution in [2.45, 2.75) is 38.9 Å². The number of nitrogens with one attached hydrogen (secondary N) is 2. The molecule has 0 radical (unpaired) electrons. The van der Waals surface area contributed by atoms with Gasteiger partial charge in [0.1, 0.15) is 5.75 Å². The summed E-state index contributed by atoms with van der Waals surface area (Å²) < 4.78 is 5.42. The average Bonchev–Trinajstić information content (AvgIpc) is 3.21. The molecule has 1 saturated heterocycles. The molecule has 0 aliphatic carbocycles. The van der Waals surface area contributed by atoms with Gasteiger partial charge in [0.25, 0.3) is 0 Å². The Balaban J connectivity index is 1.54. The number of likely N-dealkylation sites (tertiary alicyclic amines) is 1. The van der Waals surface area contributed by atoms with Gasteiger partial charge in [-0.15, -0.1) is 0 Å². The van der Waals surface area contributed by atoms with E-state index in [2.05, 4.69) is 39.3 Å². The van der Waals surface area contributed by atoms with Crippen molar-refractivity contribution in [1.29, 1.82) is 0 Å². The average molecular weight is 421 g/mol. The molecule has 1 aromatic carbocycles. The van der Waals surface area contributed by atoms with Crippen LogP contribution in [-0.4, -0.2) is 43.6 Å². The fraction of sp³-hybridized carbons (Fsp3) is 0.476. The standard InChI is InChI=1S/C21H29ClN4OS/c1-3-23-21(24-13-17-4-5-18(22)12-20(17)27-2)25-19-6-9-26(10-7-19)14-16-8-11-28-15-16/h4-5,8,11-12,15,19H,3,6-7,9-10,13-14H2,1-2H3,(H2,23,24,25). The molecule has 0 atom stereocenters. The number of nitrogens with zero attached hydrogens (tertiary/aromatic N) is 2. The Kier molecular flexibility index (Phi) is 8.01. The summed E-state index contributed by atoms with van der Waals surface area (Å²) in [6.45, 7) is 6.74. The Bertz CT molecular complexity index is 758. The second kappa shape index (κ2) is 10.7. The maximum atomic E-state index is 6.05. The first-order valence-electron chi connectivity index (χ1n) is 9.78. The van der Waals surface area contributed by atoms with Crippen molar-refractivity contribution in [1.82, 2.24) is 15.5 Å². The lowest BCUT2D eigenvalue weighted by Crippen LogP contribution is -2.48. The fourth-order valence-corrected chi connectivity index (χ4v) is 4.22. The molecule has 0 bridgehead atoms. The van der Waals surface area contributed by atoms with Gasteiger partial charge in [0.15, 0.2) is 5.96 Å². The molecule has 1 fully saturated rings. The monoisotopic (exact) mass is 420 g/mol. The fourth-order valence-electron chi connectivity index (χ4n) is 3.40. The van der Waals surface area contributed by atoms with Gasteiger partial charge in [0, 0.05) is 42.8 Å². The van der Waals surface area contributed by atoms with E-state index < -0.39 is 0 Å². The normalized spacial score (nSPS) is 16.2. The van der Waals surface area contributed by atoms with Crippen molar-refractivity contribution in [3.63, 3.8) is 0 Å². The highest BCUT2D eigenvalue weighted by Crippen LogP contribution is 2.23. The lowest BCUT2D eigenvalue weighted by Gasteiger charge is -2.33. The number of methoxy groups -OCH3 is 1. The third-order valence-corrected chi connectivity index (χ3v) is 5.88. The predicted molar refractivity (Wildman–Crippen MR) is 119 cm³/mol. The van der Waals surface area contributed by atoms with Gasteiger partial charge in [-0.2, -0.15) is 11.3 Å². The third-order valence-electron chi connectivity index (χ3n) is 4.92. The first-order valence-corrected chi connectivity index (χ1v) is 11.1. The van der Waals surface area contributed by atoms with Gasteiger partial charge < -0.3 is 15.4 Å². The van der Waals surface area contributed by atoms with Gasteiger partial charge in [-0.1, -0.05) is 17.7 Å². The Morgan fingerprint density at radius 1 is 1.32 bits per heavy atom. The molecular weight excluding hydrogens is 392 g/mol. The molecule has 0 amide bonds. The van der Waals surface area contributed by atoms with Crippen molar-refractivity contribution in [2.24, 2.45) is 4.99 Å². The van der Waals surface area contributed by atoms with E-state index in [1.807, 2.05) is 18.2 Å². The van der Waals surface area contributed by atoms with Crippen LogP contribution in [0.2, 0.25) is 5.02 Å². The third kappa shape index (κ3) is 6.12. The number of aliphatic imine (C=N–C) groups is 1. The number of thiophene rings is 1. The SMILES string of the molecule is CCNC(=NCc1ccc(Cl)cc1OC)NC1CCN(Cc2ccsc2)CC1. The van der Waals surface area contributed by atoms with Crippen LogP contribution in [0.3, 0.4) is 0 Å². The highest BCUT2D eigenvalue weighted by molar-refractivity contribution is 7.07. The number of piperidine rings is 1. The number of halogens is 1. The number of ether oxygens (including phenoxy) is 1. The summed E-state index contributed by atoms with van der Waals surface area (Å²) in [7, 11) is 1.66. The summed E-state index contributed by atoms with van der Waals surface area (Å²) in [6.07, 6.45) is 2.25. The van der Waals surface area contributed by atoms with E-state index in [4.69, 9.17) is 21.3 Å². The van der Waals surface area contributed by atoms with Gasteiger partial charge in [-0.05, 0) is 54.3 Å². The van der Waals surface area contributed by atoms with Gasteiger partial charge in [0.05, 0.1) is 13.7 Å². The van der Waals surface area contributed by atoms with Gasteiger partial charge >= 0.3 is 0 Å². The number of rotatable bonds is 7. The second-order valence-electron chi connectivity index (χ2n) is 6.98. The first-order chi connectivity index (χ1) is 13.7. The van der Waals surface area contributed by atoms with E-state index in [-0.39, 0.29) is 0 Å². The summed E-state index contributed by atoms with van der Waals surface area (Å²) >= 11 is 7.82. The number of benzene rings is 1. The molecule has 1 aliphatic heterocycles. The zero-order valence-corrected chi connectivity index (χ0v) is 18.2. The minimum atomic E-state index is 0.448. The number of hydrogen-bond donors (Lipinski definition) is 2. The molecule has 0 spiro atoms. The largest absolute Gasteiger partial charge is 0.496 e. The van der Waals surface area contributed by atoms with Crippen molar-refractivity contribution < 1.29 is 4.74 Å². The Labute approximate surface area is 176 Å². The minimum Gasteiger partial charge on any atom is -0.496 e. The molecule has 152 valence electrons. The van der Waals surface area contributed by atoms with E-state index >= 15 is 0 Å². The summed E-state index contributed by atoms with van der Waals surface area (Å²) in [5.41, 5.74) is 2.44. The lowest BCUT2D eigenvalue weighted by atomic mass is 10.0. The maximum absolute atomic E-state index is 6.05. The van der Waals surface area contributed by atoms with Crippen molar-refractivity contribution >= 4 is 28.9 Å². The van der Waals surface area contributed by atoms with Gasteiger partial charge in [-0.25, -0.2) is 4.99 Å². The topological polar surface area (TPSA) is 48.9 Å². The van der Waals surface area contributed by atoms with E-state index in [9.17, 15) is 0 Å². The van der Waals surface area contributed by atoms with E-state index in [0.29, 0.717) is 17.6 Å². The molecule has 0 unspecified atom stereocenters. The van der Waals surface area contributed by atoms with Crippen molar-refractivity contribution in [3.05, 3.63) is 51.2 Å². The Morgan fingerprint density at radius 2 is 2.14 bits per heavy atom. The molecule has 7 heteroatoms. The smallest absolute Gasteiger partial charge is 0.191 e. The highest BCUT2D eigenvalue weighted by atomic mass is 35.5. The molecule has 3 rings (SSSR count). The molecule has 2 aromatic rings. The molecule has 28 heavy (non-hydrogen) atoms. The van der Waals surface area contributed by atoms with E-state index in [0.717, 1.165) is 56.3 Å². The van der Waals surface area contributed by atoms with Crippen LogP contribution in [0.5, 0.6) is 5.75 Å². The molecule has 1 aromatic heterocycles. The summed E-state index contributed by atoms with van der Waals surface area (Å²) in [5.74, 6) is 1.63. The maximum Gasteiger partial charge on any atom is 0.191 e. The van der Waals surface area contributed by atoms with Crippen LogP contribution in [0.4, 0.5) is 0 Å². The zero-order valence-electron chi connectivity index (χ0n) is 16.6. The van der Waals surface area contributed by atoms with Crippen molar-refractivity contribution in [2.75, 3.05) is 26.7 Å². The first kappa shape index (κ1) is 21.0. The summed E-state index contributed by atoms with van der Waals surface area (Å²) in [6, 6.07) is 8.34. The molecule has 1 aliphatic rings. The van der Waals surface area contributed by atoms with Crippen LogP contribution in [-0.2, 0) is 13.1 Å². The summed E-state index contributed by atoms with van der Waals surface area (Å²) in [5, 5.41) is 12.0. The van der Waals surface area contributed by atoms with Gasteiger partial charge in [-0.3, -0.25) is 4.90 Å². The summed E-state index contributed by atoms with van der Waals surface area (Å²) in [4.78, 5) is 7.29. The quantitative estimate of drug-likeness (QED) is 0.522. The highest BCUT2D eigenvalue weighted by Gasteiger charge is 2.20. The van der Waals surface area contributed by atoms with E-state index in [1.54, 1.807) is 18.4 Å². The number of guanidine groups is 1. The Morgan fingerprint density at radius 3 is 2.82 bits per heavy atom. The van der Waals surface area contributed by atoms with Crippen LogP contribution in [0, 0.1) is 0 Å². The van der Waals surface area contributed by atoms with Crippen molar-refractivity contribution in [3.8, 4) is 5.75 Å². The van der Waals surface area contributed by atoms with Crippen LogP contribution >= 0.6 is 22.9 Å². The minimum absolute atomic E-state index is 0.448. The Hall–Kier alpha value is -1.76. The molecule has 2 N–H and O–H groups in total. The van der Waals surface area contributed by atoms with E-state index in [1.165, 1.54) is 5.56 Å². The molecule has 5 nitrogen and oxygen atoms in total. The van der Waals surface area contributed by atoms with Crippen LogP contribution < -0.4 is 15.4 Å². The predicted octanol–water partition coefficient (Wildman–Crippen LogP) is 4.13. The van der Waals surface area contributed by atoms with Crippen LogP contribution in [0.15, 0.2) is 40.0 Å². The second-order valence-corrected chi connectivity index (χ2v) is 8.19. The molecule has 0 saturated carbocycles. The van der Waals surface area contributed by atoms with Crippen LogP contribution in [0.1, 0.15) is 30.9 Å². The van der Waals surface area contributed by atoms with Crippen LogP contribution in [0.25, 0.3) is 0 Å². The van der Waals surface area contributed by atoms with Gasteiger partial charge in [0.2, 0.25) is 0 Å². The lowest BCUT2D eigenvalue weighted by molar-refractivity contribution is 0.198. The molecule has 2 heterocycles.